The monoisotopic (exact) mass is 599 g/mol. The fourth-order valence-electron chi connectivity index (χ4n) is 5.82. The molecule has 0 spiro atoms. The lowest BCUT2D eigenvalue weighted by atomic mass is 9.87. The van der Waals surface area contributed by atoms with Gasteiger partial charge in [-0.2, -0.15) is 18.4 Å². The number of ether oxygens (including phenoxy) is 1. The largest absolute Gasteiger partial charge is 0.466 e. The second-order valence-electron chi connectivity index (χ2n) is 11.1. The molecule has 1 atom stereocenters. The molecule has 10 nitrogen and oxygen atoms in total. The van der Waals surface area contributed by atoms with Gasteiger partial charge in [-0.25, -0.2) is 9.59 Å². The molecule has 43 heavy (non-hydrogen) atoms. The molecule has 0 aromatic heterocycles. The van der Waals surface area contributed by atoms with Crippen LogP contribution in [0.3, 0.4) is 0 Å². The van der Waals surface area contributed by atoms with Gasteiger partial charge in [0.25, 0.3) is 0 Å². The number of nitrogens with zero attached hydrogens (tertiary/aromatic N) is 4. The standard InChI is InChI=1S/C30H33F3N6O4/c1-18-25(27(41)43-3)26(38(29(36)42)28(35)37(18)22-6-4-5-21(16-22)30(31,32)33)24-8-7-19(17-34)15-20(24)9-12-39(2)13-10-23(40)11-14-39/h4-8,15-16,23,26,35,40H,9-14H2,1-3H3,(H-,36,42)/p+1/t23?,26-,39?/m1/s1. The number of esters is 1. The number of likely N-dealkylation sites (tertiary alicyclic amines) is 1. The van der Waals surface area contributed by atoms with Crippen molar-refractivity contribution < 1.29 is 37.1 Å². The number of quaternary nitrogens is 1. The number of hydrogen-bond donors (Lipinski definition) is 3. The van der Waals surface area contributed by atoms with E-state index in [2.05, 4.69) is 13.1 Å². The van der Waals surface area contributed by atoms with Crippen molar-refractivity contribution in [3.63, 3.8) is 0 Å². The van der Waals surface area contributed by atoms with Gasteiger partial charge in [0, 0.05) is 30.6 Å². The number of methoxy groups -OCH3 is 1. The highest BCUT2D eigenvalue weighted by atomic mass is 19.4. The number of anilines is 1. The number of amides is 2. The number of nitriles is 1. The Hall–Kier alpha value is -4.41. The number of guanidine groups is 1. The van der Waals surface area contributed by atoms with Crippen molar-refractivity contribution in [2.45, 2.75) is 44.5 Å². The van der Waals surface area contributed by atoms with E-state index < -0.39 is 35.7 Å². The van der Waals surface area contributed by atoms with Crippen molar-refractivity contribution in [2.75, 3.05) is 38.7 Å². The first-order valence-electron chi connectivity index (χ1n) is 13.7. The smallest absolute Gasteiger partial charge is 0.416 e. The molecule has 2 heterocycles. The maximum absolute atomic E-state index is 13.6. The lowest BCUT2D eigenvalue weighted by molar-refractivity contribution is -0.914. The Balaban J connectivity index is 1.88. The van der Waals surface area contributed by atoms with Crippen molar-refractivity contribution in [2.24, 2.45) is 5.73 Å². The van der Waals surface area contributed by atoms with Gasteiger partial charge in [-0.15, -0.1) is 0 Å². The first kappa shape index (κ1) is 31.5. The maximum Gasteiger partial charge on any atom is 0.416 e. The number of primary amides is 1. The van der Waals surface area contributed by atoms with Gasteiger partial charge in [-0.3, -0.25) is 15.2 Å². The van der Waals surface area contributed by atoms with Gasteiger partial charge in [-0.1, -0.05) is 12.1 Å². The molecule has 0 unspecified atom stereocenters. The molecule has 0 radical (unpaired) electrons. The average molecular weight is 600 g/mol. The van der Waals surface area contributed by atoms with E-state index in [1.54, 1.807) is 12.1 Å². The summed E-state index contributed by atoms with van der Waals surface area (Å²) in [4.78, 5) is 28.2. The highest BCUT2D eigenvalue weighted by Gasteiger charge is 2.45. The number of hydrogen-bond acceptors (Lipinski definition) is 6. The molecule has 4 N–H and O–H groups in total. The molecule has 2 amide bonds. The Labute approximate surface area is 247 Å². The Kier molecular flexibility index (Phi) is 8.84. The van der Waals surface area contributed by atoms with Gasteiger partial charge in [0.05, 0.1) is 62.7 Å². The van der Waals surface area contributed by atoms with Crippen LogP contribution in [0.25, 0.3) is 0 Å². The molecule has 2 aliphatic heterocycles. The molecule has 228 valence electrons. The zero-order chi connectivity index (χ0) is 31.7. The van der Waals surface area contributed by atoms with Crippen LogP contribution in [0, 0.1) is 16.7 Å². The number of aliphatic hydroxyl groups is 1. The second kappa shape index (κ2) is 12.1. The minimum Gasteiger partial charge on any atom is -0.466 e. The predicted molar refractivity (Wildman–Crippen MR) is 151 cm³/mol. The van der Waals surface area contributed by atoms with Crippen molar-refractivity contribution in [3.8, 4) is 6.07 Å². The summed E-state index contributed by atoms with van der Waals surface area (Å²) in [6, 6.07) is 8.71. The minimum atomic E-state index is -4.67. The summed E-state index contributed by atoms with van der Waals surface area (Å²) in [5.74, 6) is -1.42. The number of nitrogens with one attached hydrogen (secondary N) is 1. The molecule has 0 saturated carbocycles. The normalized spacial score (nSPS) is 22.8. The summed E-state index contributed by atoms with van der Waals surface area (Å²) in [6.45, 7) is 3.57. The van der Waals surface area contributed by atoms with E-state index >= 15 is 0 Å². The van der Waals surface area contributed by atoms with Gasteiger partial charge in [0.1, 0.15) is 6.04 Å². The molecule has 0 aliphatic carbocycles. The summed E-state index contributed by atoms with van der Waals surface area (Å²) in [5.41, 5.74) is 6.10. The van der Waals surface area contributed by atoms with E-state index in [0.29, 0.717) is 47.0 Å². The highest BCUT2D eigenvalue weighted by molar-refractivity contribution is 6.10. The van der Waals surface area contributed by atoms with E-state index in [1.165, 1.54) is 25.1 Å². The third-order valence-electron chi connectivity index (χ3n) is 8.26. The summed E-state index contributed by atoms with van der Waals surface area (Å²) in [7, 11) is 3.21. The number of halogens is 3. The summed E-state index contributed by atoms with van der Waals surface area (Å²) in [5, 5.41) is 28.6. The third kappa shape index (κ3) is 6.35. The molecular formula is C30H34F3N6O4+. The zero-order valence-corrected chi connectivity index (χ0v) is 24.1. The number of carbonyl (C=O) groups excluding carboxylic acids is 2. The number of allylic oxidation sites excluding steroid dienone is 1. The number of likely N-dealkylation sites (N-methyl/N-ethyl adjacent to an activating group) is 1. The Morgan fingerprint density at radius 2 is 1.88 bits per heavy atom. The highest BCUT2D eigenvalue weighted by Crippen LogP contribution is 2.42. The van der Waals surface area contributed by atoms with E-state index in [0.717, 1.165) is 42.1 Å². The number of urea groups is 1. The summed E-state index contributed by atoms with van der Waals surface area (Å²) < 4.78 is 46.4. The van der Waals surface area contributed by atoms with Crippen LogP contribution in [-0.2, 0) is 22.1 Å². The molecular weight excluding hydrogens is 565 g/mol. The molecule has 4 rings (SSSR count). The van der Waals surface area contributed by atoms with Crippen LogP contribution in [0.1, 0.15) is 48.1 Å². The van der Waals surface area contributed by atoms with E-state index in [4.69, 9.17) is 15.9 Å². The number of nitrogens with two attached hydrogens (primary N) is 1. The number of carbonyl (C=O) groups is 2. The summed E-state index contributed by atoms with van der Waals surface area (Å²) >= 11 is 0. The van der Waals surface area contributed by atoms with Gasteiger partial charge in [0.15, 0.2) is 0 Å². The molecule has 2 aromatic carbocycles. The Morgan fingerprint density at radius 1 is 1.21 bits per heavy atom. The van der Waals surface area contributed by atoms with Gasteiger partial charge >= 0.3 is 18.2 Å². The third-order valence-corrected chi connectivity index (χ3v) is 8.26. The fraction of sp³-hybridized carbons (Fsp3) is 0.400. The van der Waals surface area contributed by atoms with Crippen molar-refractivity contribution in [3.05, 3.63) is 76.0 Å². The van der Waals surface area contributed by atoms with Crippen molar-refractivity contribution in [1.29, 1.82) is 10.7 Å². The lowest BCUT2D eigenvalue weighted by Gasteiger charge is -2.43. The molecule has 2 aliphatic rings. The predicted octanol–water partition coefficient (Wildman–Crippen LogP) is 4.04. The Bertz CT molecular complexity index is 1510. The van der Waals surface area contributed by atoms with Crippen LogP contribution in [0.5, 0.6) is 0 Å². The summed E-state index contributed by atoms with van der Waals surface area (Å²) in [6.07, 6.45) is -3.30. The quantitative estimate of drug-likeness (QED) is 0.338. The second-order valence-corrected chi connectivity index (χ2v) is 11.1. The number of alkyl halides is 3. The Morgan fingerprint density at radius 3 is 2.47 bits per heavy atom. The van der Waals surface area contributed by atoms with Gasteiger partial charge in [0.2, 0.25) is 5.96 Å². The van der Waals surface area contributed by atoms with E-state index in [1.807, 2.05) is 0 Å². The van der Waals surface area contributed by atoms with Crippen molar-refractivity contribution >= 4 is 23.6 Å². The molecule has 0 bridgehead atoms. The topological polar surface area (TPSA) is 144 Å². The van der Waals surface area contributed by atoms with Crippen LogP contribution in [0.2, 0.25) is 0 Å². The maximum atomic E-state index is 13.6. The van der Waals surface area contributed by atoms with Crippen LogP contribution >= 0.6 is 0 Å². The first-order valence-corrected chi connectivity index (χ1v) is 13.7. The molecule has 2 aromatic rings. The average Bonchev–Trinajstić information content (AvgIpc) is 2.96. The van der Waals surface area contributed by atoms with Crippen LogP contribution < -0.4 is 10.6 Å². The van der Waals surface area contributed by atoms with Crippen molar-refractivity contribution in [1.82, 2.24) is 4.90 Å². The number of benzene rings is 2. The van der Waals surface area contributed by atoms with Gasteiger partial charge in [-0.05, 0) is 48.4 Å². The van der Waals surface area contributed by atoms with Crippen LogP contribution in [-0.4, -0.2) is 72.3 Å². The lowest BCUT2D eigenvalue weighted by Crippen LogP contribution is -2.55. The van der Waals surface area contributed by atoms with E-state index in [9.17, 15) is 33.1 Å². The number of piperidine rings is 1. The molecule has 13 heteroatoms. The van der Waals surface area contributed by atoms with E-state index in [-0.39, 0.29) is 23.1 Å². The zero-order valence-electron chi connectivity index (χ0n) is 24.1. The van der Waals surface area contributed by atoms with Crippen LogP contribution in [0.4, 0.5) is 23.7 Å². The van der Waals surface area contributed by atoms with Crippen LogP contribution in [0.15, 0.2) is 53.7 Å². The first-order chi connectivity index (χ1) is 20.2. The molecule has 1 fully saturated rings. The SMILES string of the molecule is COC(=O)C1=C(C)N(c2cccc(C(F)(F)F)c2)C(=N)N(C(N)=O)[C@@H]1c1ccc(C#N)cc1CC[N+]1(C)CCC(O)CC1. The number of rotatable bonds is 6. The number of aliphatic hydroxyl groups excluding tert-OH is 1. The minimum absolute atomic E-state index is 0.0815. The fourth-order valence-corrected chi connectivity index (χ4v) is 5.82. The molecule has 1 saturated heterocycles. The van der Waals surface area contributed by atoms with Gasteiger partial charge < -0.3 is 20.1 Å².